The number of nitrogens with one attached hydrogen (secondary N) is 1. The van der Waals surface area contributed by atoms with Gasteiger partial charge in [0.2, 0.25) is 5.91 Å². The number of nitrogens with zero attached hydrogens (tertiary/aromatic N) is 1. The van der Waals surface area contributed by atoms with Gasteiger partial charge in [-0.05, 0) is 37.1 Å². The summed E-state index contributed by atoms with van der Waals surface area (Å²) in [5.41, 5.74) is 1.15. The van der Waals surface area contributed by atoms with Crippen molar-refractivity contribution in [3.63, 3.8) is 0 Å². The molecule has 4 heteroatoms. The summed E-state index contributed by atoms with van der Waals surface area (Å²) in [6.07, 6.45) is 1.74. The molecule has 2 N–H and O–H groups in total. The maximum atomic E-state index is 12.0. The van der Waals surface area contributed by atoms with Crippen LogP contribution in [0.15, 0.2) is 24.3 Å². The quantitative estimate of drug-likeness (QED) is 0.821. The van der Waals surface area contributed by atoms with Crippen molar-refractivity contribution in [2.75, 3.05) is 19.6 Å². The Morgan fingerprint density at radius 3 is 2.78 bits per heavy atom. The fourth-order valence-electron chi connectivity index (χ4n) is 2.32. The first-order chi connectivity index (χ1) is 8.70. The first-order valence-electron chi connectivity index (χ1n) is 6.50. The fourth-order valence-corrected chi connectivity index (χ4v) is 2.32. The lowest BCUT2D eigenvalue weighted by atomic mass is 10.1. The van der Waals surface area contributed by atoms with E-state index in [9.17, 15) is 9.90 Å². The van der Waals surface area contributed by atoms with Crippen LogP contribution < -0.4 is 5.32 Å². The Bertz CT molecular complexity index is 403. The highest BCUT2D eigenvalue weighted by Crippen LogP contribution is 2.14. The lowest BCUT2D eigenvalue weighted by Gasteiger charge is -2.16. The average Bonchev–Trinajstić information content (AvgIpc) is 2.71. The monoisotopic (exact) mass is 248 g/mol. The number of hydrogen-bond donors (Lipinski definition) is 2. The summed E-state index contributed by atoms with van der Waals surface area (Å²) in [6, 6.07) is 7.18. The van der Waals surface area contributed by atoms with Crippen molar-refractivity contribution < 1.29 is 9.90 Å². The molecule has 1 amide bonds. The predicted molar refractivity (Wildman–Crippen MR) is 70.5 cm³/mol. The van der Waals surface area contributed by atoms with Gasteiger partial charge in [-0.25, -0.2) is 0 Å². The van der Waals surface area contributed by atoms with E-state index < -0.39 is 0 Å². The topological polar surface area (TPSA) is 52.6 Å². The Hall–Kier alpha value is -1.55. The number of likely N-dealkylation sites (N-methyl/N-ethyl adjacent to an activating group) is 1. The molecule has 1 aliphatic heterocycles. The van der Waals surface area contributed by atoms with E-state index in [1.54, 1.807) is 12.1 Å². The van der Waals surface area contributed by atoms with Crippen molar-refractivity contribution in [2.45, 2.75) is 25.8 Å². The highest BCUT2D eigenvalue weighted by atomic mass is 16.3. The van der Waals surface area contributed by atoms with Crippen LogP contribution in [0, 0.1) is 0 Å². The molecule has 1 atom stereocenters. The van der Waals surface area contributed by atoms with Crippen LogP contribution in [0.25, 0.3) is 0 Å². The highest BCUT2D eigenvalue weighted by molar-refractivity contribution is 5.83. The summed E-state index contributed by atoms with van der Waals surface area (Å²) in [5.74, 6) is 0.499. The molecular formula is C14H20N2O2. The Morgan fingerprint density at radius 1 is 1.39 bits per heavy atom. The number of hydrogen-bond acceptors (Lipinski definition) is 3. The molecule has 1 aliphatic rings. The number of phenols is 1. The van der Waals surface area contributed by atoms with Crippen LogP contribution in [-0.2, 0) is 11.2 Å². The van der Waals surface area contributed by atoms with Crippen LogP contribution in [0.4, 0.5) is 0 Å². The van der Waals surface area contributed by atoms with Crippen molar-refractivity contribution in [3.05, 3.63) is 29.8 Å². The Labute approximate surface area is 108 Å². The van der Waals surface area contributed by atoms with E-state index in [-0.39, 0.29) is 17.7 Å². The predicted octanol–water partition coefficient (Wildman–Crippen LogP) is 1.15. The van der Waals surface area contributed by atoms with Gasteiger partial charge in [0.25, 0.3) is 0 Å². The minimum absolute atomic E-state index is 0.00909. The van der Waals surface area contributed by atoms with E-state index in [1.165, 1.54) is 0 Å². The first kappa shape index (κ1) is 12.9. The van der Waals surface area contributed by atoms with Gasteiger partial charge < -0.3 is 15.3 Å². The molecule has 0 saturated carbocycles. The molecule has 1 aromatic rings. The van der Waals surface area contributed by atoms with Crippen LogP contribution in [0.3, 0.4) is 0 Å². The second kappa shape index (κ2) is 5.87. The van der Waals surface area contributed by atoms with Gasteiger partial charge in [0, 0.05) is 13.1 Å². The zero-order valence-electron chi connectivity index (χ0n) is 10.7. The minimum Gasteiger partial charge on any atom is -0.508 e. The van der Waals surface area contributed by atoms with Crippen molar-refractivity contribution in [1.29, 1.82) is 0 Å². The molecule has 4 nitrogen and oxygen atoms in total. The van der Waals surface area contributed by atoms with Crippen molar-refractivity contribution >= 4 is 5.91 Å². The standard InChI is InChI=1S/C14H20N2O2/c1-2-15-13-8-10-16(14(13)18)9-7-11-3-5-12(17)6-4-11/h3-6,13,15,17H,2,7-10H2,1H3. The molecule has 1 saturated heterocycles. The zero-order valence-corrected chi connectivity index (χ0v) is 10.7. The molecule has 0 bridgehead atoms. The fraction of sp³-hybridized carbons (Fsp3) is 0.500. The van der Waals surface area contributed by atoms with Crippen LogP contribution >= 0.6 is 0 Å². The molecule has 0 aromatic heterocycles. The van der Waals surface area contributed by atoms with E-state index >= 15 is 0 Å². The largest absolute Gasteiger partial charge is 0.508 e. The lowest BCUT2D eigenvalue weighted by Crippen LogP contribution is -2.38. The van der Waals surface area contributed by atoms with E-state index in [0.29, 0.717) is 0 Å². The smallest absolute Gasteiger partial charge is 0.239 e. The van der Waals surface area contributed by atoms with E-state index in [2.05, 4.69) is 5.32 Å². The number of phenolic OH excluding ortho intramolecular Hbond substituents is 1. The number of carbonyl (C=O) groups excluding carboxylic acids is 1. The Morgan fingerprint density at radius 2 is 2.11 bits per heavy atom. The summed E-state index contributed by atoms with van der Waals surface area (Å²) in [7, 11) is 0. The molecule has 98 valence electrons. The van der Waals surface area contributed by atoms with Gasteiger partial charge in [0.15, 0.2) is 0 Å². The Kier molecular flexibility index (Phi) is 4.20. The molecule has 1 unspecified atom stereocenters. The van der Waals surface area contributed by atoms with Crippen molar-refractivity contribution in [3.8, 4) is 5.75 Å². The number of amides is 1. The number of aromatic hydroxyl groups is 1. The molecule has 0 aliphatic carbocycles. The number of carbonyl (C=O) groups is 1. The van der Waals surface area contributed by atoms with Crippen molar-refractivity contribution in [2.24, 2.45) is 0 Å². The molecule has 1 fully saturated rings. The number of likely N-dealkylation sites (tertiary alicyclic amines) is 1. The summed E-state index contributed by atoms with van der Waals surface area (Å²) in [6.45, 7) is 4.45. The number of rotatable bonds is 5. The second-order valence-corrected chi connectivity index (χ2v) is 4.64. The maximum Gasteiger partial charge on any atom is 0.239 e. The van der Waals surface area contributed by atoms with Crippen molar-refractivity contribution in [1.82, 2.24) is 10.2 Å². The van der Waals surface area contributed by atoms with Gasteiger partial charge in [-0.1, -0.05) is 19.1 Å². The van der Waals surface area contributed by atoms with Crippen LogP contribution in [0.5, 0.6) is 5.75 Å². The molecule has 0 radical (unpaired) electrons. The minimum atomic E-state index is 0.00909. The third-order valence-corrected chi connectivity index (χ3v) is 3.35. The molecule has 1 heterocycles. The molecular weight excluding hydrogens is 228 g/mol. The molecule has 2 rings (SSSR count). The summed E-state index contributed by atoms with van der Waals surface area (Å²) in [5, 5.41) is 12.4. The second-order valence-electron chi connectivity index (χ2n) is 4.64. The summed E-state index contributed by atoms with van der Waals surface area (Å²) in [4.78, 5) is 13.9. The Balaban J connectivity index is 1.84. The third kappa shape index (κ3) is 3.01. The maximum absolute atomic E-state index is 12.0. The van der Waals surface area contributed by atoms with Gasteiger partial charge >= 0.3 is 0 Å². The van der Waals surface area contributed by atoms with Crippen LogP contribution in [-0.4, -0.2) is 41.6 Å². The average molecular weight is 248 g/mol. The lowest BCUT2D eigenvalue weighted by molar-refractivity contribution is -0.129. The zero-order chi connectivity index (χ0) is 13.0. The van der Waals surface area contributed by atoms with Gasteiger partial charge in [-0.15, -0.1) is 0 Å². The SMILES string of the molecule is CCNC1CCN(CCc2ccc(O)cc2)C1=O. The highest BCUT2D eigenvalue weighted by Gasteiger charge is 2.30. The van der Waals surface area contributed by atoms with Gasteiger partial charge in [0.05, 0.1) is 6.04 Å². The van der Waals surface area contributed by atoms with Gasteiger partial charge in [-0.3, -0.25) is 4.79 Å². The summed E-state index contributed by atoms with van der Waals surface area (Å²) >= 11 is 0. The van der Waals surface area contributed by atoms with Gasteiger partial charge in [-0.2, -0.15) is 0 Å². The molecule has 18 heavy (non-hydrogen) atoms. The van der Waals surface area contributed by atoms with Crippen LogP contribution in [0.2, 0.25) is 0 Å². The normalized spacial score (nSPS) is 19.5. The van der Waals surface area contributed by atoms with E-state index in [4.69, 9.17) is 0 Å². The van der Waals surface area contributed by atoms with Crippen LogP contribution in [0.1, 0.15) is 18.9 Å². The molecule has 1 aromatic carbocycles. The molecule has 0 spiro atoms. The summed E-state index contributed by atoms with van der Waals surface area (Å²) < 4.78 is 0. The van der Waals surface area contributed by atoms with Gasteiger partial charge in [0.1, 0.15) is 5.75 Å². The first-order valence-corrected chi connectivity index (χ1v) is 6.50. The number of benzene rings is 1. The third-order valence-electron chi connectivity index (χ3n) is 3.35. The van der Waals surface area contributed by atoms with E-state index in [0.717, 1.165) is 38.0 Å². The van der Waals surface area contributed by atoms with E-state index in [1.807, 2.05) is 24.0 Å².